The van der Waals surface area contributed by atoms with Crippen LogP contribution in [0.5, 0.6) is 0 Å². The quantitative estimate of drug-likeness (QED) is 0.597. The first-order valence-electron chi connectivity index (χ1n) is 8.53. The second-order valence-electron chi connectivity index (χ2n) is 6.51. The number of aliphatic imine (C=N–C) groups is 1. The van der Waals surface area contributed by atoms with Crippen molar-refractivity contribution < 1.29 is 4.74 Å². The van der Waals surface area contributed by atoms with Crippen molar-refractivity contribution in [3.8, 4) is 0 Å². The minimum Gasteiger partial charge on any atom is -0.373 e. The topological polar surface area (TPSA) is 48.9 Å². The van der Waals surface area contributed by atoms with E-state index >= 15 is 0 Å². The van der Waals surface area contributed by atoms with Crippen LogP contribution < -0.4 is 10.6 Å². The molecule has 2 rings (SSSR count). The Bertz CT molecular complexity index is 318. The third-order valence-electron chi connectivity index (χ3n) is 4.57. The van der Waals surface area contributed by atoms with Gasteiger partial charge in [0.15, 0.2) is 5.96 Å². The molecule has 0 bridgehead atoms. The number of ether oxygens (including phenoxy) is 1. The molecule has 2 heterocycles. The number of nitrogens with one attached hydrogen (secondary N) is 2. The Balaban J connectivity index is 1.63. The summed E-state index contributed by atoms with van der Waals surface area (Å²) in [5.41, 5.74) is -0.0254. The Hall–Kier alpha value is -0.810. The molecule has 122 valence electrons. The normalized spacial score (nSPS) is 28.4. The summed E-state index contributed by atoms with van der Waals surface area (Å²) in [5.74, 6) is 0.890. The second kappa shape index (κ2) is 8.59. The van der Waals surface area contributed by atoms with E-state index in [1.807, 2.05) is 7.05 Å². The van der Waals surface area contributed by atoms with E-state index in [0.717, 1.165) is 38.6 Å². The Morgan fingerprint density at radius 1 is 1.14 bits per heavy atom. The summed E-state index contributed by atoms with van der Waals surface area (Å²) in [5, 5.41) is 6.82. The fourth-order valence-corrected chi connectivity index (χ4v) is 3.16. The van der Waals surface area contributed by atoms with Gasteiger partial charge in [0.25, 0.3) is 0 Å². The number of guanidine groups is 1. The van der Waals surface area contributed by atoms with E-state index in [9.17, 15) is 0 Å². The van der Waals surface area contributed by atoms with Gasteiger partial charge in [-0.15, -0.1) is 0 Å². The maximum atomic E-state index is 5.80. The van der Waals surface area contributed by atoms with Crippen molar-refractivity contribution in [1.82, 2.24) is 15.5 Å². The molecule has 21 heavy (non-hydrogen) atoms. The fourth-order valence-electron chi connectivity index (χ4n) is 3.16. The molecule has 5 nitrogen and oxygen atoms in total. The molecule has 5 heteroatoms. The van der Waals surface area contributed by atoms with E-state index in [1.54, 1.807) is 0 Å². The van der Waals surface area contributed by atoms with E-state index in [0.29, 0.717) is 0 Å². The lowest BCUT2D eigenvalue weighted by Gasteiger charge is -2.25. The van der Waals surface area contributed by atoms with Crippen LogP contribution in [0.3, 0.4) is 0 Å². The molecular weight excluding hydrogens is 264 g/mol. The van der Waals surface area contributed by atoms with Crippen molar-refractivity contribution in [2.24, 2.45) is 4.99 Å². The van der Waals surface area contributed by atoms with Crippen LogP contribution in [0, 0.1) is 0 Å². The third-order valence-corrected chi connectivity index (χ3v) is 4.57. The van der Waals surface area contributed by atoms with Gasteiger partial charge in [-0.1, -0.05) is 12.8 Å². The van der Waals surface area contributed by atoms with E-state index < -0.39 is 0 Å². The number of likely N-dealkylation sites (tertiary alicyclic amines) is 1. The molecule has 1 atom stereocenters. The molecule has 2 aliphatic heterocycles. The second-order valence-corrected chi connectivity index (χ2v) is 6.51. The molecule has 2 aliphatic rings. The van der Waals surface area contributed by atoms with Gasteiger partial charge in [0.2, 0.25) is 0 Å². The zero-order chi connectivity index (χ0) is 15.0. The van der Waals surface area contributed by atoms with Crippen molar-refractivity contribution in [1.29, 1.82) is 0 Å². The lowest BCUT2D eigenvalue weighted by atomic mass is 10.0. The molecule has 2 saturated heterocycles. The molecular formula is C16H32N4O. The zero-order valence-corrected chi connectivity index (χ0v) is 13.8. The lowest BCUT2D eigenvalue weighted by molar-refractivity contribution is 0.0243. The van der Waals surface area contributed by atoms with Crippen molar-refractivity contribution >= 4 is 5.96 Å². The predicted molar refractivity (Wildman–Crippen MR) is 87.9 cm³/mol. The summed E-state index contributed by atoms with van der Waals surface area (Å²) < 4.78 is 5.80. The smallest absolute Gasteiger partial charge is 0.191 e. The van der Waals surface area contributed by atoms with Crippen LogP contribution in [-0.2, 0) is 4.74 Å². The predicted octanol–water partition coefficient (Wildman–Crippen LogP) is 1.60. The summed E-state index contributed by atoms with van der Waals surface area (Å²) in [4.78, 5) is 6.87. The molecule has 0 saturated carbocycles. The first kappa shape index (κ1) is 16.6. The highest BCUT2D eigenvalue weighted by molar-refractivity contribution is 5.79. The van der Waals surface area contributed by atoms with Crippen LogP contribution in [0.1, 0.15) is 45.4 Å². The monoisotopic (exact) mass is 296 g/mol. The molecule has 0 aliphatic carbocycles. The number of nitrogens with zero attached hydrogens (tertiary/aromatic N) is 2. The van der Waals surface area contributed by atoms with Crippen molar-refractivity contribution in [2.45, 2.75) is 51.0 Å². The molecule has 2 N–H and O–H groups in total. The highest BCUT2D eigenvalue weighted by Crippen LogP contribution is 2.23. The average Bonchev–Trinajstić information content (AvgIpc) is 2.75. The van der Waals surface area contributed by atoms with Gasteiger partial charge >= 0.3 is 0 Å². The number of rotatable bonds is 5. The highest BCUT2D eigenvalue weighted by Gasteiger charge is 2.29. The van der Waals surface area contributed by atoms with Crippen molar-refractivity contribution in [3.63, 3.8) is 0 Å². The molecule has 0 aromatic heterocycles. The van der Waals surface area contributed by atoms with Gasteiger partial charge in [-0.2, -0.15) is 0 Å². The average molecular weight is 296 g/mol. The lowest BCUT2D eigenvalue weighted by Crippen LogP contribution is -2.47. The third kappa shape index (κ3) is 5.83. The van der Waals surface area contributed by atoms with E-state index in [4.69, 9.17) is 4.74 Å². The Morgan fingerprint density at radius 2 is 1.90 bits per heavy atom. The van der Waals surface area contributed by atoms with Crippen molar-refractivity contribution in [3.05, 3.63) is 0 Å². The SMILES string of the molecule is CN=C(NCCN1CCCCCC1)NCC1(C)CCCO1. The van der Waals surface area contributed by atoms with Crippen LogP contribution in [-0.4, -0.2) is 62.8 Å². The summed E-state index contributed by atoms with van der Waals surface area (Å²) >= 11 is 0. The molecule has 0 aromatic rings. The summed E-state index contributed by atoms with van der Waals surface area (Å²) in [6.07, 6.45) is 7.78. The molecule has 0 amide bonds. The first-order chi connectivity index (χ1) is 10.2. The van der Waals surface area contributed by atoms with Gasteiger partial charge < -0.3 is 20.3 Å². The Labute approximate surface area is 129 Å². The van der Waals surface area contributed by atoms with Crippen LogP contribution >= 0.6 is 0 Å². The largest absolute Gasteiger partial charge is 0.373 e. The standard InChI is InChI=1S/C16H32N4O/c1-16(8-7-13-21-16)14-19-15(17-2)18-9-12-20-10-5-3-4-6-11-20/h3-14H2,1-2H3,(H2,17,18,19). The maximum absolute atomic E-state index is 5.80. The summed E-state index contributed by atoms with van der Waals surface area (Å²) in [6, 6.07) is 0. The minimum atomic E-state index is -0.0254. The van der Waals surface area contributed by atoms with Gasteiger partial charge in [-0.3, -0.25) is 4.99 Å². The summed E-state index contributed by atoms with van der Waals surface area (Å²) in [7, 11) is 1.83. The van der Waals surface area contributed by atoms with E-state index in [1.165, 1.54) is 45.2 Å². The molecule has 0 radical (unpaired) electrons. The zero-order valence-electron chi connectivity index (χ0n) is 13.8. The van der Waals surface area contributed by atoms with Gasteiger partial charge in [0.1, 0.15) is 0 Å². The van der Waals surface area contributed by atoms with Crippen LogP contribution in [0.4, 0.5) is 0 Å². The van der Waals surface area contributed by atoms with Crippen LogP contribution in [0.2, 0.25) is 0 Å². The Kier molecular flexibility index (Phi) is 6.77. The van der Waals surface area contributed by atoms with Gasteiger partial charge in [-0.25, -0.2) is 0 Å². The fraction of sp³-hybridized carbons (Fsp3) is 0.938. The summed E-state index contributed by atoms with van der Waals surface area (Å²) in [6.45, 7) is 8.46. The molecule has 0 aromatic carbocycles. The van der Waals surface area contributed by atoms with Crippen molar-refractivity contribution in [2.75, 3.05) is 46.4 Å². The highest BCUT2D eigenvalue weighted by atomic mass is 16.5. The van der Waals surface area contributed by atoms with Gasteiger partial charge in [-0.05, 0) is 45.7 Å². The van der Waals surface area contributed by atoms with Crippen LogP contribution in [0.25, 0.3) is 0 Å². The first-order valence-corrected chi connectivity index (χ1v) is 8.53. The Morgan fingerprint density at radius 3 is 2.52 bits per heavy atom. The van der Waals surface area contributed by atoms with E-state index in [-0.39, 0.29) is 5.60 Å². The molecule has 0 spiro atoms. The molecule has 2 fully saturated rings. The number of hydrogen-bond acceptors (Lipinski definition) is 3. The molecule has 1 unspecified atom stereocenters. The van der Waals surface area contributed by atoms with Gasteiger partial charge in [0.05, 0.1) is 5.60 Å². The number of hydrogen-bond donors (Lipinski definition) is 2. The van der Waals surface area contributed by atoms with Gasteiger partial charge in [0, 0.05) is 33.3 Å². The van der Waals surface area contributed by atoms with Crippen LogP contribution in [0.15, 0.2) is 4.99 Å². The maximum Gasteiger partial charge on any atom is 0.191 e. The minimum absolute atomic E-state index is 0.0254. The van der Waals surface area contributed by atoms with E-state index in [2.05, 4.69) is 27.4 Å².